The molecule has 3 rings (SSSR count). The van der Waals surface area contributed by atoms with Crippen LogP contribution in [0.1, 0.15) is 45.5 Å². The Morgan fingerprint density at radius 1 is 1.14 bits per heavy atom. The van der Waals surface area contributed by atoms with Crippen LogP contribution >= 0.6 is 0 Å². The molecular formula is C22H30N4O3. The average molecular weight is 399 g/mol. The number of amides is 2. The molecule has 0 radical (unpaired) electrons. The SMILES string of the molecule is Cc1ccc(-c2nc(CC(=O)N3CCN(C(=O)CC(C)(C)C)[C@H](C)C3)no2)cc1. The standard InChI is InChI=1S/C22H30N4O3/c1-15-6-8-17(9-7-15)21-23-18(24-29-21)12-19(27)25-10-11-26(16(2)14-25)20(28)13-22(3,4)5/h6-9,16H,10-14H2,1-5H3/t16-/m1/s1. The van der Waals surface area contributed by atoms with E-state index in [1.807, 2.05) is 43.0 Å². The van der Waals surface area contributed by atoms with E-state index in [1.54, 1.807) is 4.90 Å². The maximum atomic E-state index is 12.7. The Morgan fingerprint density at radius 3 is 2.45 bits per heavy atom. The van der Waals surface area contributed by atoms with Crippen molar-refractivity contribution in [3.8, 4) is 11.5 Å². The molecule has 7 nitrogen and oxygen atoms in total. The fourth-order valence-corrected chi connectivity index (χ4v) is 3.50. The molecule has 156 valence electrons. The van der Waals surface area contributed by atoms with Gasteiger partial charge in [0, 0.05) is 37.7 Å². The van der Waals surface area contributed by atoms with Gasteiger partial charge in [-0.1, -0.05) is 43.6 Å². The highest BCUT2D eigenvalue weighted by Crippen LogP contribution is 2.22. The van der Waals surface area contributed by atoms with E-state index in [0.717, 1.165) is 11.1 Å². The molecule has 1 fully saturated rings. The Bertz CT molecular complexity index is 867. The normalized spacial score (nSPS) is 17.5. The van der Waals surface area contributed by atoms with E-state index in [4.69, 9.17) is 4.52 Å². The van der Waals surface area contributed by atoms with E-state index in [9.17, 15) is 9.59 Å². The molecular weight excluding hydrogens is 368 g/mol. The van der Waals surface area contributed by atoms with Crippen molar-refractivity contribution >= 4 is 11.8 Å². The first-order valence-corrected chi connectivity index (χ1v) is 10.1. The molecule has 0 bridgehead atoms. The highest BCUT2D eigenvalue weighted by Gasteiger charge is 2.31. The molecule has 1 aliphatic heterocycles. The third-order valence-electron chi connectivity index (χ3n) is 5.06. The van der Waals surface area contributed by atoms with Crippen LogP contribution < -0.4 is 0 Å². The van der Waals surface area contributed by atoms with Gasteiger partial charge in [0.15, 0.2) is 5.82 Å². The second-order valence-corrected chi connectivity index (χ2v) is 9.07. The van der Waals surface area contributed by atoms with E-state index >= 15 is 0 Å². The largest absolute Gasteiger partial charge is 0.338 e. The number of carbonyl (C=O) groups excluding carboxylic acids is 2. The molecule has 29 heavy (non-hydrogen) atoms. The number of benzene rings is 1. The molecule has 1 aromatic heterocycles. The van der Waals surface area contributed by atoms with Gasteiger partial charge >= 0.3 is 0 Å². The third-order valence-corrected chi connectivity index (χ3v) is 5.06. The highest BCUT2D eigenvalue weighted by molar-refractivity contribution is 5.80. The molecule has 0 unspecified atom stereocenters. The minimum atomic E-state index is -0.0453. The number of piperazine rings is 1. The van der Waals surface area contributed by atoms with Crippen molar-refractivity contribution in [2.45, 2.75) is 53.5 Å². The van der Waals surface area contributed by atoms with Crippen molar-refractivity contribution in [1.29, 1.82) is 0 Å². The lowest BCUT2D eigenvalue weighted by Crippen LogP contribution is -2.56. The van der Waals surface area contributed by atoms with Gasteiger partial charge in [0.1, 0.15) is 0 Å². The molecule has 1 aromatic carbocycles. The average Bonchev–Trinajstić information content (AvgIpc) is 3.09. The lowest BCUT2D eigenvalue weighted by molar-refractivity contribution is -0.143. The Hall–Kier alpha value is -2.70. The summed E-state index contributed by atoms with van der Waals surface area (Å²) in [5.41, 5.74) is 1.94. The summed E-state index contributed by atoms with van der Waals surface area (Å²) in [6.45, 7) is 11.8. The predicted octanol–water partition coefficient (Wildman–Crippen LogP) is 3.08. The molecule has 2 amide bonds. The van der Waals surface area contributed by atoms with Gasteiger partial charge in [-0.2, -0.15) is 4.98 Å². The van der Waals surface area contributed by atoms with Crippen LogP contribution in [0.4, 0.5) is 0 Å². The number of nitrogens with zero attached hydrogens (tertiary/aromatic N) is 4. The second-order valence-electron chi connectivity index (χ2n) is 9.07. The van der Waals surface area contributed by atoms with Crippen LogP contribution in [-0.4, -0.2) is 57.4 Å². The summed E-state index contributed by atoms with van der Waals surface area (Å²) in [4.78, 5) is 33.3. The fraction of sp³-hybridized carbons (Fsp3) is 0.545. The molecule has 1 aliphatic rings. The van der Waals surface area contributed by atoms with Crippen LogP contribution in [0, 0.1) is 12.3 Å². The first kappa shape index (κ1) is 21.0. The maximum absolute atomic E-state index is 12.7. The van der Waals surface area contributed by atoms with Gasteiger partial charge in [-0.05, 0) is 31.4 Å². The van der Waals surface area contributed by atoms with Gasteiger partial charge in [0.2, 0.25) is 11.8 Å². The lowest BCUT2D eigenvalue weighted by Gasteiger charge is -2.40. The fourth-order valence-electron chi connectivity index (χ4n) is 3.50. The molecule has 0 aliphatic carbocycles. The molecule has 2 heterocycles. The monoisotopic (exact) mass is 398 g/mol. The Kier molecular flexibility index (Phi) is 6.05. The number of aromatic nitrogens is 2. The van der Waals surface area contributed by atoms with Crippen molar-refractivity contribution in [2.24, 2.45) is 5.41 Å². The molecule has 0 saturated carbocycles. The molecule has 0 N–H and O–H groups in total. The third kappa shape index (κ3) is 5.43. The second kappa shape index (κ2) is 8.35. The quantitative estimate of drug-likeness (QED) is 0.791. The van der Waals surface area contributed by atoms with Gasteiger partial charge in [-0.15, -0.1) is 0 Å². The predicted molar refractivity (Wildman–Crippen MR) is 110 cm³/mol. The summed E-state index contributed by atoms with van der Waals surface area (Å²) in [6, 6.07) is 7.79. The molecule has 0 spiro atoms. The summed E-state index contributed by atoms with van der Waals surface area (Å²) in [5, 5.41) is 3.95. The maximum Gasteiger partial charge on any atom is 0.257 e. The van der Waals surface area contributed by atoms with Crippen molar-refractivity contribution in [3.63, 3.8) is 0 Å². The Balaban J connectivity index is 1.57. The molecule has 1 atom stereocenters. The van der Waals surface area contributed by atoms with E-state index in [1.165, 1.54) is 0 Å². The number of hydrogen-bond donors (Lipinski definition) is 0. The van der Waals surface area contributed by atoms with Crippen molar-refractivity contribution in [1.82, 2.24) is 19.9 Å². The van der Waals surface area contributed by atoms with Crippen molar-refractivity contribution in [2.75, 3.05) is 19.6 Å². The first-order chi connectivity index (χ1) is 13.6. The highest BCUT2D eigenvalue weighted by atomic mass is 16.5. The van der Waals surface area contributed by atoms with Gasteiger partial charge in [0.25, 0.3) is 5.89 Å². The van der Waals surface area contributed by atoms with Crippen LogP contribution in [0.15, 0.2) is 28.8 Å². The lowest BCUT2D eigenvalue weighted by atomic mass is 9.91. The smallest absolute Gasteiger partial charge is 0.257 e. The van der Waals surface area contributed by atoms with E-state index in [0.29, 0.717) is 37.8 Å². The van der Waals surface area contributed by atoms with Crippen LogP contribution in [0.2, 0.25) is 0 Å². The van der Waals surface area contributed by atoms with E-state index in [-0.39, 0.29) is 29.7 Å². The zero-order valence-electron chi connectivity index (χ0n) is 17.9. The molecule has 2 aromatic rings. The van der Waals surface area contributed by atoms with Crippen molar-refractivity contribution < 1.29 is 14.1 Å². The zero-order chi connectivity index (χ0) is 21.2. The van der Waals surface area contributed by atoms with Crippen LogP contribution in [0.25, 0.3) is 11.5 Å². The van der Waals surface area contributed by atoms with Crippen LogP contribution in [0.3, 0.4) is 0 Å². The minimum absolute atomic E-state index is 0.00376. The van der Waals surface area contributed by atoms with Gasteiger partial charge < -0.3 is 14.3 Å². The molecule has 1 saturated heterocycles. The Labute approximate surface area is 172 Å². The topological polar surface area (TPSA) is 79.5 Å². The summed E-state index contributed by atoms with van der Waals surface area (Å²) < 4.78 is 5.31. The summed E-state index contributed by atoms with van der Waals surface area (Å²) in [5.74, 6) is 0.900. The van der Waals surface area contributed by atoms with E-state index in [2.05, 4.69) is 30.9 Å². The first-order valence-electron chi connectivity index (χ1n) is 10.1. The van der Waals surface area contributed by atoms with Gasteiger partial charge in [-0.3, -0.25) is 9.59 Å². The van der Waals surface area contributed by atoms with Gasteiger partial charge in [-0.25, -0.2) is 0 Å². The summed E-state index contributed by atoms with van der Waals surface area (Å²) in [6.07, 6.45) is 0.605. The number of aryl methyl sites for hydroxylation is 1. The van der Waals surface area contributed by atoms with E-state index < -0.39 is 0 Å². The van der Waals surface area contributed by atoms with Gasteiger partial charge in [0.05, 0.1) is 6.42 Å². The number of rotatable bonds is 4. The summed E-state index contributed by atoms with van der Waals surface area (Å²) in [7, 11) is 0. The number of carbonyl (C=O) groups is 2. The summed E-state index contributed by atoms with van der Waals surface area (Å²) >= 11 is 0. The van der Waals surface area contributed by atoms with Crippen molar-refractivity contribution in [3.05, 3.63) is 35.7 Å². The zero-order valence-corrected chi connectivity index (χ0v) is 17.9. The number of hydrogen-bond acceptors (Lipinski definition) is 5. The molecule has 7 heteroatoms. The minimum Gasteiger partial charge on any atom is -0.338 e. The van der Waals surface area contributed by atoms with Crippen LogP contribution in [0.5, 0.6) is 0 Å². The van der Waals surface area contributed by atoms with Crippen LogP contribution in [-0.2, 0) is 16.0 Å². The Morgan fingerprint density at radius 2 is 1.83 bits per heavy atom.